The minimum atomic E-state index is -1.10. The van der Waals surface area contributed by atoms with Gasteiger partial charge in [-0.25, -0.2) is 0 Å². The predicted molar refractivity (Wildman–Crippen MR) is 90.5 cm³/mol. The average Bonchev–Trinajstić information content (AvgIpc) is 2.81. The molecular formula is C18H22N2O5. The summed E-state index contributed by atoms with van der Waals surface area (Å²) in [5.74, 6) is -2.24. The largest absolute Gasteiger partial charge is 0.481 e. The highest BCUT2D eigenvalue weighted by atomic mass is 16.4. The molecule has 3 amide bonds. The SMILES string of the molecule is CCCCN1C(=O)c2ccc(C(=O)NCC(C)(C)C(=O)O)cc2C1=O. The molecule has 134 valence electrons. The van der Waals surface area contributed by atoms with E-state index in [1.807, 2.05) is 6.92 Å². The molecule has 1 aromatic rings. The molecule has 0 radical (unpaired) electrons. The van der Waals surface area contributed by atoms with Gasteiger partial charge in [0.1, 0.15) is 0 Å². The molecule has 0 fully saturated rings. The van der Waals surface area contributed by atoms with E-state index in [1.54, 1.807) is 0 Å². The topological polar surface area (TPSA) is 104 Å². The number of hydrogen-bond donors (Lipinski definition) is 2. The van der Waals surface area contributed by atoms with Crippen LogP contribution in [-0.2, 0) is 4.79 Å². The van der Waals surface area contributed by atoms with E-state index in [4.69, 9.17) is 5.11 Å². The van der Waals surface area contributed by atoms with Gasteiger partial charge < -0.3 is 10.4 Å². The van der Waals surface area contributed by atoms with Crippen LogP contribution in [0.2, 0.25) is 0 Å². The first-order valence-corrected chi connectivity index (χ1v) is 8.21. The lowest BCUT2D eigenvalue weighted by molar-refractivity contribution is -0.146. The summed E-state index contributed by atoms with van der Waals surface area (Å²) in [6, 6.07) is 4.33. The Hall–Kier alpha value is -2.70. The fraction of sp³-hybridized carbons (Fsp3) is 0.444. The van der Waals surface area contributed by atoms with Crippen LogP contribution in [0.5, 0.6) is 0 Å². The van der Waals surface area contributed by atoms with Gasteiger partial charge >= 0.3 is 5.97 Å². The Balaban J connectivity index is 2.16. The Morgan fingerprint density at radius 3 is 2.40 bits per heavy atom. The number of benzene rings is 1. The van der Waals surface area contributed by atoms with E-state index in [1.165, 1.54) is 36.9 Å². The molecule has 0 saturated heterocycles. The molecule has 0 bridgehead atoms. The number of carbonyl (C=O) groups excluding carboxylic acids is 3. The minimum Gasteiger partial charge on any atom is -0.481 e. The quantitative estimate of drug-likeness (QED) is 0.734. The van der Waals surface area contributed by atoms with Gasteiger partial charge in [-0.1, -0.05) is 13.3 Å². The summed E-state index contributed by atoms with van der Waals surface area (Å²) in [4.78, 5) is 49.2. The number of hydrogen-bond acceptors (Lipinski definition) is 4. The number of imide groups is 1. The van der Waals surface area contributed by atoms with Crippen molar-refractivity contribution in [3.05, 3.63) is 34.9 Å². The number of carboxylic acids is 1. The lowest BCUT2D eigenvalue weighted by Crippen LogP contribution is -2.38. The van der Waals surface area contributed by atoms with Gasteiger partial charge in [-0.2, -0.15) is 0 Å². The van der Waals surface area contributed by atoms with E-state index in [0.29, 0.717) is 12.1 Å². The summed E-state index contributed by atoms with van der Waals surface area (Å²) < 4.78 is 0. The lowest BCUT2D eigenvalue weighted by Gasteiger charge is -2.19. The van der Waals surface area contributed by atoms with E-state index < -0.39 is 23.2 Å². The minimum absolute atomic E-state index is 0.0479. The zero-order valence-corrected chi connectivity index (χ0v) is 14.6. The van der Waals surface area contributed by atoms with Crippen molar-refractivity contribution in [3.8, 4) is 0 Å². The van der Waals surface area contributed by atoms with Gasteiger partial charge in [-0.15, -0.1) is 0 Å². The molecule has 1 heterocycles. The smallest absolute Gasteiger partial charge is 0.310 e. The van der Waals surface area contributed by atoms with Gasteiger partial charge in [0, 0.05) is 18.7 Å². The van der Waals surface area contributed by atoms with Gasteiger partial charge in [-0.3, -0.25) is 24.1 Å². The van der Waals surface area contributed by atoms with E-state index in [0.717, 1.165) is 12.8 Å². The van der Waals surface area contributed by atoms with Crippen LogP contribution in [-0.4, -0.2) is 46.8 Å². The second-order valence-corrected chi connectivity index (χ2v) is 6.75. The number of fused-ring (bicyclic) bond motifs is 1. The molecular weight excluding hydrogens is 324 g/mol. The highest BCUT2D eigenvalue weighted by Crippen LogP contribution is 2.24. The van der Waals surface area contributed by atoms with E-state index >= 15 is 0 Å². The molecule has 0 spiro atoms. The number of nitrogens with zero attached hydrogens (tertiary/aromatic N) is 1. The third-order valence-electron chi connectivity index (χ3n) is 4.24. The molecule has 1 aliphatic rings. The highest BCUT2D eigenvalue weighted by molar-refractivity contribution is 6.22. The molecule has 1 aromatic carbocycles. The molecule has 2 rings (SSSR count). The Morgan fingerprint density at radius 1 is 1.16 bits per heavy atom. The molecule has 7 heteroatoms. The summed E-state index contributed by atoms with van der Waals surface area (Å²) in [6.45, 7) is 5.29. The summed E-state index contributed by atoms with van der Waals surface area (Å²) in [5.41, 5.74) is -0.372. The number of rotatable bonds is 7. The molecule has 7 nitrogen and oxygen atoms in total. The van der Waals surface area contributed by atoms with Crippen molar-refractivity contribution < 1.29 is 24.3 Å². The van der Waals surface area contributed by atoms with Gasteiger partial charge in [0.2, 0.25) is 0 Å². The third kappa shape index (κ3) is 3.70. The van der Waals surface area contributed by atoms with Crippen molar-refractivity contribution in [1.29, 1.82) is 0 Å². The first kappa shape index (κ1) is 18.6. The van der Waals surface area contributed by atoms with Crippen LogP contribution in [0, 0.1) is 5.41 Å². The zero-order chi connectivity index (χ0) is 18.8. The summed E-state index contributed by atoms with van der Waals surface area (Å²) in [6.07, 6.45) is 1.59. The Morgan fingerprint density at radius 2 is 1.80 bits per heavy atom. The van der Waals surface area contributed by atoms with Crippen LogP contribution >= 0.6 is 0 Å². The Bertz CT molecular complexity index is 739. The van der Waals surface area contributed by atoms with Crippen molar-refractivity contribution in [2.45, 2.75) is 33.6 Å². The number of unbranched alkanes of at least 4 members (excludes halogenated alkanes) is 1. The molecule has 0 unspecified atom stereocenters. The molecule has 25 heavy (non-hydrogen) atoms. The van der Waals surface area contributed by atoms with Crippen LogP contribution < -0.4 is 5.32 Å². The van der Waals surface area contributed by atoms with Crippen LogP contribution in [0.3, 0.4) is 0 Å². The van der Waals surface area contributed by atoms with Crippen LogP contribution in [0.15, 0.2) is 18.2 Å². The number of nitrogens with one attached hydrogen (secondary N) is 1. The first-order chi connectivity index (χ1) is 11.7. The third-order valence-corrected chi connectivity index (χ3v) is 4.24. The zero-order valence-electron chi connectivity index (χ0n) is 14.6. The monoisotopic (exact) mass is 346 g/mol. The molecule has 0 aliphatic carbocycles. The predicted octanol–water partition coefficient (Wildman–Crippen LogP) is 1.92. The van der Waals surface area contributed by atoms with E-state index in [9.17, 15) is 19.2 Å². The van der Waals surface area contributed by atoms with Gasteiger partial charge in [0.25, 0.3) is 17.7 Å². The van der Waals surface area contributed by atoms with E-state index in [2.05, 4.69) is 5.32 Å². The van der Waals surface area contributed by atoms with Gasteiger partial charge in [0.15, 0.2) is 0 Å². The fourth-order valence-corrected chi connectivity index (χ4v) is 2.43. The number of carboxylic acid groups (broad SMARTS) is 1. The Labute approximate surface area is 146 Å². The molecule has 0 saturated carbocycles. The number of amides is 3. The van der Waals surface area contributed by atoms with Gasteiger partial charge in [-0.05, 0) is 38.5 Å². The molecule has 1 aliphatic heterocycles. The summed E-state index contributed by atoms with van der Waals surface area (Å²) in [5, 5.41) is 11.6. The van der Waals surface area contributed by atoms with Crippen molar-refractivity contribution in [2.24, 2.45) is 5.41 Å². The van der Waals surface area contributed by atoms with Crippen molar-refractivity contribution in [2.75, 3.05) is 13.1 Å². The van der Waals surface area contributed by atoms with Gasteiger partial charge in [0.05, 0.1) is 16.5 Å². The Kier molecular flexibility index (Phi) is 5.25. The second-order valence-electron chi connectivity index (χ2n) is 6.75. The van der Waals surface area contributed by atoms with Crippen molar-refractivity contribution in [1.82, 2.24) is 10.2 Å². The summed E-state index contributed by atoms with van der Waals surface area (Å²) in [7, 11) is 0. The van der Waals surface area contributed by atoms with Crippen molar-refractivity contribution >= 4 is 23.7 Å². The summed E-state index contributed by atoms with van der Waals surface area (Å²) >= 11 is 0. The highest BCUT2D eigenvalue weighted by Gasteiger charge is 2.35. The normalized spacial score (nSPS) is 13.8. The second kappa shape index (κ2) is 7.04. The van der Waals surface area contributed by atoms with E-state index in [-0.39, 0.29) is 23.6 Å². The van der Waals surface area contributed by atoms with Crippen molar-refractivity contribution in [3.63, 3.8) is 0 Å². The molecule has 0 atom stereocenters. The van der Waals surface area contributed by atoms with Crippen LogP contribution in [0.4, 0.5) is 0 Å². The maximum absolute atomic E-state index is 12.4. The lowest BCUT2D eigenvalue weighted by atomic mass is 9.94. The average molecular weight is 346 g/mol. The molecule has 2 N–H and O–H groups in total. The van der Waals surface area contributed by atoms with Crippen LogP contribution in [0.25, 0.3) is 0 Å². The number of carbonyl (C=O) groups is 4. The number of aliphatic carboxylic acids is 1. The fourth-order valence-electron chi connectivity index (χ4n) is 2.43. The maximum atomic E-state index is 12.4. The van der Waals surface area contributed by atoms with Crippen LogP contribution in [0.1, 0.15) is 64.7 Å². The first-order valence-electron chi connectivity index (χ1n) is 8.21. The standard InChI is InChI=1S/C18H22N2O5/c1-4-5-8-20-15(22)12-7-6-11(9-13(12)16(20)23)14(21)19-10-18(2,3)17(24)25/h6-7,9H,4-5,8,10H2,1-3H3,(H,19,21)(H,24,25). The maximum Gasteiger partial charge on any atom is 0.310 e. The molecule has 0 aromatic heterocycles.